The largest absolute Gasteiger partial charge is 0.469 e. The van der Waals surface area contributed by atoms with E-state index in [1.807, 2.05) is 10.9 Å². The lowest BCUT2D eigenvalue weighted by Gasteiger charge is -2.28. The molecule has 8 nitrogen and oxygen atoms in total. The lowest BCUT2D eigenvalue weighted by molar-refractivity contribution is -0.146. The number of carbonyl (C=O) groups excluding carboxylic acids is 2. The van der Waals surface area contributed by atoms with Crippen molar-refractivity contribution in [2.45, 2.75) is 64.8 Å². The van der Waals surface area contributed by atoms with E-state index >= 15 is 0 Å². The van der Waals surface area contributed by atoms with Gasteiger partial charge in [-0.2, -0.15) is 10.2 Å². The fourth-order valence-corrected chi connectivity index (χ4v) is 4.57. The summed E-state index contributed by atoms with van der Waals surface area (Å²) in [5.41, 5.74) is 3.50. The van der Waals surface area contributed by atoms with Gasteiger partial charge in [0.05, 0.1) is 31.0 Å². The lowest BCUT2D eigenvalue weighted by atomic mass is 9.76. The van der Waals surface area contributed by atoms with E-state index in [9.17, 15) is 9.59 Å². The third kappa shape index (κ3) is 4.06. The maximum atomic E-state index is 12.8. The highest BCUT2D eigenvalue weighted by atomic mass is 16.5. The number of hydrogen-bond donors (Lipinski definition) is 2. The predicted molar refractivity (Wildman–Crippen MR) is 108 cm³/mol. The summed E-state index contributed by atoms with van der Waals surface area (Å²) in [4.78, 5) is 24.4. The van der Waals surface area contributed by atoms with Crippen LogP contribution in [0.25, 0.3) is 0 Å². The molecule has 0 aromatic carbocycles. The Labute approximate surface area is 170 Å². The first kappa shape index (κ1) is 19.7. The minimum absolute atomic E-state index is 0.0122. The standard InChI is InChI=1S/C21H29N5O3/c1-21(2)9-8-16-17(10-21)24-25-18(16)19(27)23-14-11-22-26(12-14)15-6-4-13(5-7-15)20(28)29-3/h11-13,15H,4-10H2,1-3H3,(H,23,27)(H,24,25). The number of esters is 1. The van der Waals surface area contributed by atoms with Crippen molar-refractivity contribution in [3.63, 3.8) is 0 Å². The number of carbonyl (C=O) groups is 2. The zero-order chi connectivity index (χ0) is 20.6. The zero-order valence-electron chi connectivity index (χ0n) is 17.3. The molecule has 8 heteroatoms. The Balaban J connectivity index is 1.38. The van der Waals surface area contributed by atoms with E-state index in [0.29, 0.717) is 11.4 Å². The smallest absolute Gasteiger partial charge is 0.308 e. The molecule has 4 rings (SSSR count). The topological polar surface area (TPSA) is 102 Å². The predicted octanol–water partition coefficient (Wildman–Crippen LogP) is 3.28. The number of fused-ring (bicyclic) bond motifs is 1. The van der Waals surface area contributed by atoms with Gasteiger partial charge in [0.15, 0.2) is 5.69 Å². The van der Waals surface area contributed by atoms with Crippen molar-refractivity contribution in [2.75, 3.05) is 12.4 Å². The number of H-pyrrole nitrogens is 1. The highest BCUT2D eigenvalue weighted by Gasteiger charge is 2.31. The second kappa shape index (κ2) is 7.65. The summed E-state index contributed by atoms with van der Waals surface area (Å²) in [5.74, 6) is -0.333. The molecule has 2 N–H and O–H groups in total. The Morgan fingerprint density at radius 1 is 1.28 bits per heavy atom. The van der Waals surface area contributed by atoms with Crippen LogP contribution in [0, 0.1) is 11.3 Å². The number of aromatic nitrogens is 4. The molecule has 156 valence electrons. The van der Waals surface area contributed by atoms with Crippen LogP contribution < -0.4 is 5.32 Å². The molecule has 0 unspecified atom stereocenters. The van der Waals surface area contributed by atoms with Gasteiger partial charge in [-0.15, -0.1) is 0 Å². The maximum Gasteiger partial charge on any atom is 0.308 e. The van der Waals surface area contributed by atoms with E-state index in [1.54, 1.807) is 6.20 Å². The van der Waals surface area contributed by atoms with Gasteiger partial charge >= 0.3 is 5.97 Å². The first-order chi connectivity index (χ1) is 13.9. The molecule has 1 amide bonds. The van der Waals surface area contributed by atoms with E-state index in [0.717, 1.165) is 56.2 Å². The van der Waals surface area contributed by atoms with E-state index in [2.05, 4.69) is 34.5 Å². The van der Waals surface area contributed by atoms with Gasteiger partial charge in [-0.05, 0) is 50.4 Å². The monoisotopic (exact) mass is 399 g/mol. The number of amides is 1. The van der Waals surface area contributed by atoms with Gasteiger partial charge in [-0.25, -0.2) is 0 Å². The molecular formula is C21H29N5O3. The van der Waals surface area contributed by atoms with Crippen LogP contribution in [0.15, 0.2) is 12.4 Å². The number of aromatic amines is 1. The molecule has 0 aliphatic heterocycles. The molecule has 0 saturated heterocycles. The highest BCUT2D eigenvalue weighted by molar-refractivity contribution is 6.03. The second-order valence-corrected chi connectivity index (χ2v) is 9.06. The first-order valence-corrected chi connectivity index (χ1v) is 10.4. The number of nitrogens with one attached hydrogen (secondary N) is 2. The molecule has 0 atom stereocenters. The van der Waals surface area contributed by atoms with Gasteiger partial charge in [0, 0.05) is 17.5 Å². The fraction of sp³-hybridized carbons (Fsp3) is 0.619. The number of rotatable bonds is 4. The third-order valence-electron chi connectivity index (χ3n) is 6.34. The van der Waals surface area contributed by atoms with Gasteiger partial charge in [0.2, 0.25) is 0 Å². The maximum absolute atomic E-state index is 12.8. The van der Waals surface area contributed by atoms with Crippen molar-refractivity contribution >= 4 is 17.6 Å². The number of methoxy groups -OCH3 is 1. The second-order valence-electron chi connectivity index (χ2n) is 9.06. The molecule has 2 aliphatic rings. The molecule has 1 fully saturated rings. The van der Waals surface area contributed by atoms with Crippen LogP contribution >= 0.6 is 0 Å². The summed E-state index contributed by atoms with van der Waals surface area (Å²) < 4.78 is 6.74. The van der Waals surface area contributed by atoms with Gasteiger partial charge in [0.25, 0.3) is 5.91 Å². The molecule has 0 radical (unpaired) electrons. The van der Waals surface area contributed by atoms with Crippen molar-refractivity contribution < 1.29 is 14.3 Å². The summed E-state index contributed by atoms with van der Waals surface area (Å²) >= 11 is 0. The van der Waals surface area contributed by atoms with Gasteiger partial charge in [-0.1, -0.05) is 13.8 Å². The highest BCUT2D eigenvalue weighted by Crippen LogP contribution is 2.35. The molecular weight excluding hydrogens is 370 g/mol. The molecule has 1 saturated carbocycles. The van der Waals surface area contributed by atoms with Crippen molar-refractivity contribution in [1.82, 2.24) is 20.0 Å². The van der Waals surface area contributed by atoms with Crippen LogP contribution in [0.4, 0.5) is 5.69 Å². The number of hydrogen-bond acceptors (Lipinski definition) is 5. The van der Waals surface area contributed by atoms with Crippen LogP contribution in [0.5, 0.6) is 0 Å². The van der Waals surface area contributed by atoms with E-state index < -0.39 is 0 Å². The van der Waals surface area contributed by atoms with E-state index in [4.69, 9.17) is 4.74 Å². The van der Waals surface area contributed by atoms with Crippen LogP contribution in [0.2, 0.25) is 0 Å². The minimum atomic E-state index is -0.198. The van der Waals surface area contributed by atoms with Crippen molar-refractivity contribution in [2.24, 2.45) is 11.3 Å². The van der Waals surface area contributed by atoms with Crippen LogP contribution in [0.1, 0.15) is 73.7 Å². The first-order valence-electron chi connectivity index (χ1n) is 10.4. The van der Waals surface area contributed by atoms with Crippen LogP contribution in [-0.2, 0) is 22.4 Å². The molecule has 29 heavy (non-hydrogen) atoms. The normalized spacial score (nSPS) is 23.3. The fourth-order valence-electron chi connectivity index (χ4n) is 4.57. The van der Waals surface area contributed by atoms with Gasteiger partial charge < -0.3 is 10.1 Å². The van der Waals surface area contributed by atoms with E-state index in [-0.39, 0.29) is 29.3 Å². The molecule has 2 aromatic heterocycles. The van der Waals surface area contributed by atoms with Crippen LogP contribution in [-0.4, -0.2) is 39.0 Å². The Morgan fingerprint density at radius 2 is 2.03 bits per heavy atom. The number of ether oxygens (including phenoxy) is 1. The van der Waals surface area contributed by atoms with Crippen molar-refractivity contribution in [3.05, 3.63) is 29.3 Å². The average Bonchev–Trinajstić information content (AvgIpc) is 3.33. The molecule has 0 bridgehead atoms. The Hall–Kier alpha value is -2.64. The lowest BCUT2D eigenvalue weighted by Crippen LogP contribution is -2.24. The van der Waals surface area contributed by atoms with Crippen molar-refractivity contribution in [1.29, 1.82) is 0 Å². The van der Waals surface area contributed by atoms with Gasteiger partial charge in [0.1, 0.15) is 0 Å². The van der Waals surface area contributed by atoms with Crippen molar-refractivity contribution in [3.8, 4) is 0 Å². The third-order valence-corrected chi connectivity index (χ3v) is 6.34. The summed E-state index contributed by atoms with van der Waals surface area (Å²) in [6.07, 6.45) is 9.71. The molecule has 0 spiro atoms. The Kier molecular flexibility index (Phi) is 5.19. The number of anilines is 1. The number of nitrogens with zero attached hydrogens (tertiary/aromatic N) is 3. The summed E-state index contributed by atoms with van der Waals surface area (Å²) in [6, 6.07) is 0.238. The summed E-state index contributed by atoms with van der Waals surface area (Å²) in [5, 5.41) is 14.7. The van der Waals surface area contributed by atoms with E-state index in [1.165, 1.54) is 7.11 Å². The zero-order valence-corrected chi connectivity index (χ0v) is 17.3. The molecule has 2 heterocycles. The quantitative estimate of drug-likeness (QED) is 0.768. The summed E-state index contributed by atoms with van der Waals surface area (Å²) in [7, 11) is 1.44. The Bertz CT molecular complexity index is 905. The SMILES string of the molecule is COC(=O)C1CCC(n2cc(NC(=O)c3n[nH]c4c3CCC(C)(C)C4)cn2)CC1. The minimum Gasteiger partial charge on any atom is -0.469 e. The molecule has 2 aromatic rings. The Morgan fingerprint density at radius 3 is 2.76 bits per heavy atom. The summed E-state index contributed by atoms with van der Waals surface area (Å²) in [6.45, 7) is 4.48. The average molecular weight is 399 g/mol. The van der Waals surface area contributed by atoms with Gasteiger partial charge in [-0.3, -0.25) is 19.4 Å². The van der Waals surface area contributed by atoms with Crippen LogP contribution in [0.3, 0.4) is 0 Å². The molecule has 2 aliphatic carbocycles.